The van der Waals surface area contributed by atoms with Gasteiger partial charge in [0.1, 0.15) is 5.69 Å². The zero-order chi connectivity index (χ0) is 14.8. The summed E-state index contributed by atoms with van der Waals surface area (Å²) in [6.45, 7) is 1.77. The molecule has 0 saturated heterocycles. The summed E-state index contributed by atoms with van der Waals surface area (Å²) < 4.78 is 6.84. The van der Waals surface area contributed by atoms with Crippen LogP contribution >= 0.6 is 0 Å². The van der Waals surface area contributed by atoms with Crippen molar-refractivity contribution < 1.29 is 19.4 Å². The van der Waals surface area contributed by atoms with E-state index >= 15 is 0 Å². The number of ether oxygens (including phenoxy) is 1. The van der Waals surface area contributed by atoms with E-state index in [1.54, 1.807) is 13.2 Å². The summed E-state index contributed by atoms with van der Waals surface area (Å²) in [6, 6.07) is 3.60. The molecular formula is C14H22N2O4. The van der Waals surface area contributed by atoms with Gasteiger partial charge in [0.05, 0.1) is 6.61 Å². The minimum atomic E-state index is -0.773. The molecule has 20 heavy (non-hydrogen) atoms. The van der Waals surface area contributed by atoms with Gasteiger partial charge < -0.3 is 19.7 Å². The van der Waals surface area contributed by atoms with Crippen LogP contribution in [0.25, 0.3) is 0 Å². The normalized spacial score (nSPS) is 10.4. The molecule has 0 aliphatic rings. The van der Waals surface area contributed by atoms with Crippen molar-refractivity contribution in [2.24, 2.45) is 0 Å². The summed E-state index contributed by atoms with van der Waals surface area (Å²) in [5.74, 6) is -0.880. The monoisotopic (exact) mass is 282 g/mol. The van der Waals surface area contributed by atoms with E-state index < -0.39 is 5.97 Å². The molecule has 1 aromatic heterocycles. The van der Waals surface area contributed by atoms with Crippen molar-refractivity contribution in [3.8, 4) is 0 Å². The number of aliphatic carboxylic acids is 1. The number of unbranched alkanes of at least 4 members (excludes halogenated alkanes) is 2. The quantitative estimate of drug-likeness (QED) is 0.637. The Balaban J connectivity index is 2.25. The molecule has 0 atom stereocenters. The number of rotatable bonds is 10. The molecule has 1 aromatic rings. The van der Waals surface area contributed by atoms with Crippen LogP contribution in [0.4, 0.5) is 0 Å². The van der Waals surface area contributed by atoms with Crippen LogP contribution in [0.1, 0.15) is 36.2 Å². The Morgan fingerprint density at radius 3 is 2.85 bits per heavy atom. The van der Waals surface area contributed by atoms with Crippen LogP contribution in [0.3, 0.4) is 0 Å². The molecule has 0 radical (unpaired) electrons. The Bertz CT molecular complexity index is 429. The first-order valence-corrected chi connectivity index (χ1v) is 6.79. The Morgan fingerprint density at radius 1 is 1.35 bits per heavy atom. The van der Waals surface area contributed by atoms with Crippen LogP contribution in [0.2, 0.25) is 0 Å². The summed E-state index contributed by atoms with van der Waals surface area (Å²) in [4.78, 5) is 22.3. The van der Waals surface area contributed by atoms with Gasteiger partial charge in [0.15, 0.2) is 0 Å². The maximum Gasteiger partial charge on any atom is 0.303 e. The number of nitrogens with zero attached hydrogens (tertiary/aromatic N) is 1. The van der Waals surface area contributed by atoms with E-state index in [0.717, 1.165) is 12.8 Å². The van der Waals surface area contributed by atoms with E-state index in [1.807, 2.05) is 16.8 Å². The van der Waals surface area contributed by atoms with Gasteiger partial charge in [-0.15, -0.1) is 0 Å². The van der Waals surface area contributed by atoms with E-state index in [4.69, 9.17) is 9.84 Å². The summed E-state index contributed by atoms with van der Waals surface area (Å²) in [5, 5.41) is 11.3. The van der Waals surface area contributed by atoms with Gasteiger partial charge in [0, 0.05) is 32.8 Å². The van der Waals surface area contributed by atoms with Gasteiger partial charge in [-0.2, -0.15) is 0 Å². The third kappa shape index (κ3) is 5.88. The predicted octanol–water partition coefficient (Wildman–Crippen LogP) is 1.51. The molecule has 0 saturated carbocycles. The third-order valence-corrected chi connectivity index (χ3v) is 2.95. The first-order chi connectivity index (χ1) is 9.65. The topological polar surface area (TPSA) is 80.6 Å². The number of aromatic nitrogens is 1. The molecule has 112 valence electrons. The fraction of sp³-hybridized carbons (Fsp3) is 0.571. The third-order valence-electron chi connectivity index (χ3n) is 2.95. The smallest absolute Gasteiger partial charge is 0.303 e. The molecule has 0 bridgehead atoms. The van der Waals surface area contributed by atoms with Crippen LogP contribution in [-0.4, -0.2) is 41.8 Å². The Kier molecular flexibility index (Phi) is 7.42. The number of carbonyl (C=O) groups excluding carboxylic acids is 1. The largest absolute Gasteiger partial charge is 0.481 e. The lowest BCUT2D eigenvalue weighted by molar-refractivity contribution is -0.137. The van der Waals surface area contributed by atoms with E-state index in [2.05, 4.69) is 5.32 Å². The molecule has 2 N–H and O–H groups in total. The van der Waals surface area contributed by atoms with E-state index in [-0.39, 0.29) is 12.3 Å². The molecule has 0 fully saturated rings. The van der Waals surface area contributed by atoms with Crippen LogP contribution in [-0.2, 0) is 16.1 Å². The molecular weight excluding hydrogens is 260 g/mol. The average Bonchev–Trinajstić information content (AvgIpc) is 2.88. The molecule has 1 rings (SSSR count). The number of carboxylic acid groups (broad SMARTS) is 1. The number of methoxy groups -OCH3 is 1. The molecule has 0 aliphatic heterocycles. The fourth-order valence-electron chi connectivity index (χ4n) is 1.88. The lowest BCUT2D eigenvalue weighted by Gasteiger charge is -2.09. The molecule has 6 nitrogen and oxygen atoms in total. The highest BCUT2D eigenvalue weighted by molar-refractivity contribution is 5.92. The fourth-order valence-corrected chi connectivity index (χ4v) is 1.88. The second-order valence-corrected chi connectivity index (χ2v) is 4.54. The lowest BCUT2D eigenvalue weighted by atomic mass is 10.2. The van der Waals surface area contributed by atoms with Gasteiger partial charge in [0.2, 0.25) is 0 Å². The Morgan fingerprint density at radius 2 is 2.15 bits per heavy atom. The van der Waals surface area contributed by atoms with Gasteiger partial charge in [-0.3, -0.25) is 9.59 Å². The summed E-state index contributed by atoms with van der Waals surface area (Å²) in [6.07, 6.45) is 4.28. The lowest BCUT2D eigenvalue weighted by Crippen LogP contribution is -2.27. The molecule has 0 spiro atoms. The second-order valence-electron chi connectivity index (χ2n) is 4.54. The van der Waals surface area contributed by atoms with Crippen molar-refractivity contribution in [3.63, 3.8) is 0 Å². The highest BCUT2D eigenvalue weighted by atomic mass is 16.5. The van der Waals surface area contributed by atoms with E-state index in [9.17, 15) is 9.59 Å². The average molecular weight is 282 g/mol. The Labute approximate surface area is 118 Å². The number of carbonyl (C=O) groups is 2. The molecule has 0 aliphatic carbocycles. The molecule has 1 heterocycles. The van der Waals surface area contributed by atoms with E-state index in [0.29, 0.717) is 31.8 Å². The standard InChI is InChI=1S/C14H22N2O4/c1-20-11-10-16-9-5-6-12(16)14(19)15-8-4-2-3-7-13(17)18/h5-6,9H,2-4,7-8,10-11H2,1H3,(H,15,19)(H,17,18). The van der Waals surface area contributed by atoms with Crippen LogP contribution in [0, 0.1) is 0 Å². The van der Waals surface area contributed by atoms with Crippen LogP contribution in [0.5, 0.6) is 0 Å². The Hall–Kier alpha value is -1.82. The van der Waals surface area contributed by atoms with Crippen LogP contribution in [0.15, 0.2) is 18.3 Å². The van der Waals surface area contributed by atoms with Crippen molar-refractivity contribution in [2.75, 3.05) is 20.3 Å². The number of hydrogen-bond donors (Lipinski definition) is 2. The molecule has 6 heteroatoms. The summed E-state index contributed by atoms with van der Waals surface area (Å²) in [5.41, 5.74) is 0.618. The van der Waals surface area contributed by atoms with E-state index in [1.165, 1.54) is 0 Å². The summed E-state index contributed by atoms with van der Waals surface area (Å²) in [7, 11) is 1.63. The van der Waals surface area contributed by atoms with Gasteiger partial charge in [0.25, 0.3) is 5.91 Å². The minimum Gasteiger partial charge on any atom is -0.481 e. The zero-order valence-electron chi connectivity index (χ0n) is 11.8. The van der Waals surface area contributed by atoms with Gasteiger partial charge in [-0.1, -0.05) is 6.42 Å². The van der Waals surface area contributed by atoms with Crippen molar-refractivity contribution >= 4 is 11.9 Å². The molecule has 1 amide bonds. The highest BCUT2D eigenvalue weighted by Gasteiger charge is 2.09. The SMILES string of the molecule is COCCn1cccc1C(=O)NCCCCCC(=O)O. The molecule has 0 unspecified atom stereocenters. The minimum absolute atomic E-state index is 0.107. The van der Waals surface area contributed by atoms with Crippen molar-refractivity contribution in [1.82, 2.24) is 9.88 Å². The number of amides is 1. The van der Waals surface area contributed by atoms with Gasteiger partial charge >= 0.3 is 5.97 Å². The summed E-state index contributed by atoms with van der Waals surface area (Å²) >= 11 is 0. The first kappa shape index (κ1) is 16.2. The van der Waals surface area contributed by atoms with Gasteiger partial charge in [-0.05, 0) is 25.0 Å². The first-order valence-electron chi connectivity index (χ1n) is 6.79. The van der Waals surface area contributed by atoms with Crippen molar-refractivity contribution in [1.29, 1.82) is 0 Å². The van der Waals surface area contributed by atoms with Gasteiger partial charge in [-0.25, -0.2) is 0 Å². The van der Waals surface area contributed by atoms with Crippen LogP contribution < -0.4 is 5.32 Å². The number of carboxylic acids is 1. The maximum atomic E-state index is 12.0. The number of nitrogens with one attached hydrogen (secondary N) is 1. The van der Waals surface area contributed by atoms with Crippen molar-refractivity contribution in [3.05, 3.63) is 24.0 Å². The second kappa shape index (κ2) is 9.14. The predicted molar refractivity (Wildman–Crippen MR) is 74.7 cm³/mol. The highest BCUT2D eigenvalue weighted by Crippen LogP contribution is 2.03. The number of hydrogen-bond acceptors (Lipinski definition) is 3. The molecule has 0 aromatic carbocycles. The van der Waals surface area contributed by atoms with Crippen molar-refractivity contribution in [2.45, 2.75) is 32.2 Å². The zero-order valence-corrected chi connectivity index (χ0v) is 11.8. The maximum absolute atomic E-state index is 12.0.